The van der Waals surface area contributed by atoms with Gasteiger partial charge in [0, 0.05) is 6.54 Å². The fourth-order valence-electron chi connectivity index (χ4n) is 2.81. The molecule has 1 atom stereocenters. The van der Waals surface area contributed by atoms with Crippen LogP contribution in [0.2, 0.25) is 0 Å². The molecule has 0 aliphatic carbocycles. The highest BCUT2D eigenvalue weighted by molar-refractivity contribution is 5.78. The number of benzene rings is 1. The van der Waals surface area contributed by atoms with Gasteiger partial charge < -0.3 is 5.32 Å². The van der Waals surface area contributed by atoms with Crippen LogP contribution in [0.5, 0.6) is 0 Å². The number of nitrogens with zero attached hydrogens (tertiary/aromatic N) is 2. The van der Waals surface area contributed by atoms with E-state index in [2.05, 4.69) is 10.3 Å². The van der Waals surface area contributed by atoms with E-state index in [1.54, 1.807) is 0 Å². The molecule has 2 heterocycles. The van der Waals surface area contributed by atoms with Gasteiger partial charge in [0.2, 0.25) is 0 Å². The van der Waals surface area contributed by atoms with Crippen LogP contribution >= 0.6 is 0 Å². The molecule has 7 heteroatoms. The second kappa shape index (κ2) is 5.72. The third-order valence-electron chi connectivity index (χ3n) is 4.03. The second-order valence-electron chi connectivity index (χ2n) is 5.54. The quantitative estimate of drug-likeness (QED) is 0.881. The third-order valence-corrected chi connectivity index (χ3v) is 4.03. The molecule has 0 radical (unpaired) electrons. The first kappa shape index (κ1) is 15.0. The highest BCUT2D eigenvalue weighted by atomic mass is 19.4. The summed E-state index contributed by atoms with van der Waals surface area (Å²) in [4.78, 5) is 16.6. The molecule has 0 spiro atoms. The highest BCUT2D eigenvalue weighted by Crippen LogP contribution is 2.30. The van der Waals surface area contributed by atoms with E-state index in [0.29, 0.717) is 6.54 Å². The zero-order valence-corrected chi connectivity index (χ0v) is 11.9. The van der Waals surface area contributed by atoms with Crippen LogP contribution < -0.4 is 10.9 Å². The fraction of sp³-hybridized carbons (Fsp3) is 0.467. The van der Waals surface area contributed by atoms with E-state index < -0.39 is 11.7 Å². The molecule has 1 unspecified atom stereocenters. The van der Waals surface area contributed by atoms with E-state index in [0.717, 1.165) is 37.9 Å². The van der Waals surface area contributed by atoms with Gasteiger partial charge in [-0.2, -0.15) is 13.2 Å². The summed E-state index contributed by atoms with van der Waals surface area (Å²) in [5.74, 6) is 0. The number of fused-ring (bicyclic) bond motifs is 1. The first-order chi connectivity index (χ1) is 10.5. The van der Waals surface area contributed by atoms with Crippen molar-refractivity contribution in [1.82, 2.24) is 14.9 Å². The molecule has 1 fully saturated rings. The second-order valence-corrected chi connectivity index (χ2v) is 5.54. The van der Waals surface area contributed by atoms with Crippen LogP contribution in [0.3, 0.4) is 0 Å². The molecular formula is C15H16F3N3O. The van der Waals surface area contributed by atoms with Gasteiger partial charge in [-0.25, -0.2) is 4.98 Å². The molecule has 1 N–H and O–H groups in total. The molecule has 1 aromatic carbocycles. The van der Waals surface area contributed by atoms with Crippen molar-refractivity contribution < 1.29 is 13.2 Å². The van der Waals surface area contributed by atoms with Crippen molar-refractivity contribution in [3.8, 4) is 0 Å². The topological polar surface area (TPSA) is 46.9 Å². The Morgan fingerprint density at radius 3 is 2.86 bits per heavy atom. The minimum Gasteiger partial charge on any atom is -0.315 e. The summed E-state index contributed by atoms with van der Waals surface area (Å²) >= 11 is 0. The number of hydrogen-bond donors (Lipinski definition) is 1. The molecule has 1 aliphatic heterocycles. The Kier molecular flexibility index (Phi) is 3.90. The van der Waals surface area contributed by atoms with Crippen LogP contribution in [0.15, 0.2) is 29.3 Å². The lowest BCUT2D eigenvalue weighted by atomic mass is 10.1. The predicted molar refractivity (Wildman–Crippen MR) is 76.8 cm³/mol. The number of halogens is 3. The zero-order chi connectivity index (χ0) is 15.7. The average molecular weight is 311 g/mol. The highest BCUT2D eigenvalue weighted by Gasteiger charge is 2.30. The molecule has 1 saturated heterocycles. The predicted octanol–water partition coefficient (Wildman–Crippen LogP) is 2.73. The van der Waals surface area contributed by atoms with Gasteiger partial charge in [-0.15, -0.1) is 0 Å². The summed E-state index contributed by atoms with van der Waals surface area (Å²) in [6, 6.07) is 3.07. The Morgan fingerprint density at radius 2 is 2.09 bits per heavy atom. The molecule has 0 bridgehead atoms. The van der Waals surface area contributed by atoms with E-state index in [-0.39, 0.29) is 22.5 Å². The standard InChI is InChI=1S/C15H16F3N3O/c16-15(17,18)10-4-5-12-13(7-10)20-9-21(14(12)22)11-3-1-2-6-19-8-11/h4-5,7,9,11,19H,1-3,6,8H2. The number of aromatic nitrogens is 2. The Morgan fingerprint density at radius 1 is 1.27 bits per heavy atom. The maximum atomic E-state index is 12.7. The van der Waals surface area contributed by atoms with Gasteiger partial charge in [0.05, 0.1) is 28.8 Å². The molecule has 4 nitrogen and oxygen atoms in total. The van der Waals surface area contributed by atoms with Gasteiger partial charge in [-0.3, -0.25) is 9.36 Å². The smallest absolute Gasteiger partial charge is 0.315 e. The summed E-state index contributed by atoms with van der Waals surface area (Å²) < 4.78 is 39.7. The maximum Gasteiger partial charge on any atom is 0.416 e. The van der Waals surface area contributed by atoms with Crippen LogP contribution in [-0.4, -0.2) is 22.6 Å². The minimum absolute atomic E-state index is 0.00538. The van der Waals surface area contributed by atoms with Crippen molar-refractivity contribution in [3.63, 3.8) is 0 Å². The fourth-order valence-corrected chi connectivity index (χ4v) is 2.81. The molecule has 118 valence electrons. The van der Waals surface area contributed by atoms with E-state index in [1.807, 2.05) is 0 Å². The average Bonchev–Trinajstić information content (AvgIpc) is 2.75. The van der Waals surface area contributed by atoms with Crippen LogP contribution in [0.25, 0.3) is 10.9 Å². The van der Waals surface area contributed by atoms with Crippen LogP contribution in [0.4, 0.5) is 13.2 Å². The van der Waals surface area contributed by atoms with Crippen molar-refractivity contribution in [3.05, 3.63) is 40.4 Å². The van der Waals surface area contributed by atoms with E-state index in [9.17, 15) is 18.0 Å². The Balaban J connectivity index is 2.04. The van der Waals surface area contributed by atoms with E-state index >= 15 is 0 Å². The van der Waals surface area contributed by atoms with Crippen molar-refractivity contribution in [2.24, 2.45) is 0 Å². The van der Waals surface area contributed by atoms with Gasteiger partial charge in [-0.1, -0.05) is 6.42 Å². The van der Waals surface area contributed by atoms with Gasteiger partial charge in [-0.05, 0) is 37.6 Å². The molecule has 22 heavy (non-hydrogen) atoms. The largest absolute Gasteiger partial charge is 0.416 e. The summed E-state index contributed by atoms with van der Waals surface area (Å²) in [6.07, 6.45) is -0.143. The van der Waals surface area contributed by atoms with E-state index in [4.69, 9.17) is 0 Å². The Hall–Kier alpha value is -1.89. The van der Waals surface area contributed by atoms with Crippen LogP contribution in [0.1, 0.15) is 30.9 Å². The minimum atomic E-state index is -4.43. The number of rotatable bonds is 1. The third kappa shape index (κ3) is 2.85. The van der Waals surface area contributed by atoms with Gasteiger partial charge >= 0.3 is 6.18 Å². The molecule has 0 saturated carbocycles. The van der Waals surface area contributed by atoms with Gasteiger partial charge in [0.25, 0.3) is 5.56 Å². The van der Waals surface area contributed by atoms with Crippen LogP contribution in [0, 0.1) is 0 Å². The molecule has 1 aromatic heterocycles. The lowest BCUT2D eigenvalue weighted by Crippen LogP contribution is -2.31. The van der Waals surface area contributed by atoms with Crippen molar-refractivity contribution in [2.45, 2.75) is 31.5 Å². The van der Waals surface area contributed by atoms with Crippen molar-refractivity contribution in [1.29, 1.82) is 0 Å². The maximum absolute atomic E-state index is 12.7. The summed E-state index contributed by atoms with van der Waals surface area (Å²) in [5, 5.41) is 3.49. The number of nitrogens with one attached hydrogen (secondary N) is 1. The summed E-state index contributed by atoms with van der Waals surface area (Å²) in [7, 11) is 0. The molecule has 0 amide bonds. The zero-order valence-electron chi connectivity index (χ0n) is 11.9. The summed E-state index contributed by atoms with van der Waals surface area (Å²) in [5.41, 5.74) is -0.995. The van der Waals surface area contributed by atoms with Gasteiger partial charge in [0.15, 0.2) is 0 Å². The first-order valence-electron chi connectivity index (χ1n) is 7.25. The van der Waals surface area contributed by atoms with E-state index in [1.165, 1.54) is 17.0 Å². The SMILES string of the molecule is O=c1c2ccc(C(F)(F)F)cc2ncn1C1CCCCNC1. The van der Waals surface area contributed by atoms with Crippen LogP contribution in [-0.2, 0) is 6.18 Å². The summed E-state index contributed by atoms with van der Waals surface area (Å²) in [6.45, 7) is 1.59. The number of alkyl halides is 3. The molecule has 3 rings (SSSR count). The monoisotopic (exact) mass is 311 g/mol. The normalized spacial score (nSPS) is 20.0. The van der Waals surface area contributed by atoms with Gasteiger partial charge in [0.1, 0.15) is 0 Å². The van der Waals surface area contributed by atoms with Crippen molar-refractivity contribution in [2.75, 3.05) is 13.1 Å². The Bertz CT molecular complexity index is 731. The Labute approximate surface area is 125 Å². The lowest BCUT2D eigenvalue weighted by Gasteiger charge is -2.18. The molecule has 1 aliphatic rings. The van der Waals surface area contributed by atoms with Crippen molar-refractivity contribution >= 4 is 10.9 Å². The first-order valence-corrected chi connectivity index (χ1v) is 7.25. The molecule has 2 aromatic rings. The molecular weight excluding hydrogens is 295 g/mol. The lowest BCUT2D eigenvalue weighted by molar-refractivity contribution is -0.137. The number of hydrogen-bond acceptors (Lipinski definition) is 3.